The molecule has 2 heterocycles. The lowest BCUT2D eigenvalue weighted by Gasteiger charge is -2.03. The van der Waals surface area contributed by atoms with Crippen LogP contribution < -0.4 is 5.32 Å². The number of H-pyrrole nitrogens is 1. The number of rotatable bonds is 8. The first-order chi connectivity index (χ1) is 15.6. The van der Waals surface area contributed by atoms with Crippen molar-refractivity contribution in [3.8, 4) is 11.3 Å². The quantitative estimate of drug-likeness (QED) is 0.398. The highest BCUT2D eigenvalue weighted by atomic mass is 32.1. The van der Waals surface area contributed by atoms with Gasteiger partial charge in [0.15, 0.2) is 0 Å². The lowest BCUT2D eigenvalue weighted by Crippen LogP contribution is -2.24. The molecule has 0 aliphatic carbocycles. The van der Waals surface area contributed by atoms with Crippen molar-refractivity contribution < 1.29 is 14.3 Å². The van der Waals surface area contributed by atoms with Gasteiger partial charge in [0.2, 0.25) is 5.91 Å². The predicted molar refractivity (Wildman–Crippen MR) is 122 cm³/mol. The van der Waals surface area contributed by atoms with Gasteiger partial charge in [-0.1, -0.05) is 60.2 Å². The first-order valence-corrected chi connectivity index (χ1v) is 11.0. The zero-order valence-electron chi connectivity index (χ0n) is 17.5. The molecule has 0 saturated heterocycles. The molecular weight excluding hydrogens is 424 g/mol. The topological polar surface area (TPSA) is 97.0 Å². The van der Waals surface area contributed by atoms with Crippen LogP contribution in [0.25, 0.3) is 11.3 Å². The van der Waals surface area contributed by atoms with E-state index in [1.807, 2.05) is 61.5 Å². The number of ether oxygens (including phenoxy) is 1. The number of nitrogens with zero attached hydrogens (tertiary/aromatic N) is 2. The summed E-state index contributed by atoms with van der Waals surface area (Å²) in [5.41, 5.74) is 4.66. The molecule has 0 radical (unpaired) electrons. The summed E-state index contributed by atoms with van der Waals surface area (Å²) in [6.45, 7) is 2.52. The van der Waals surface area contributed by atoms with E-state index in [2.05, 4.69) is 20.5 Å². The van der Waals surface area contributed by atoms with E-state index in [4.69, 9.17) is 4.74 Å². The number of thiazole rings is 1. The van der Waals surface area contributed by atoms with Crippen molar-refractivity contribution in [3.05, 3.63) is 93.6 Å². The minimum atomic E-state index is -0.508. The number of aromatic amines is 1. The van der Waals surface area contributed by atoms with E-state index in [1.165, 1.54) is 11.3 Å². The number of hydrogen-bond donors (Lipinski definition) is 2. The monoisotopic (exact) mass is 446 g/mol. The number of nitrogens with one attached hydrogen (secondary N) is 2. The fourth-order valence-corrected chi connectivity index (χ4v) is 3.79. The van der Waals surface area contributed by atoms with Gasteiger partial charge < -0.3 is 10.1 Å². The summed E-state index contributed by atoms with van der Waals surface area (Å²) >= 11 is 1.37. The predicted octanol–water partition coefficient (Wildman–Crippen LogP) is 4.06. The first-order valence-electron chi connectivity index (χ1n) is 10.1. The van der Waals surface area contributed by atoms with E-state index in [1.54, 1.807) is 11.4 Å². The van der Waals surface area contributed by atoms with Gasteiger partial charge in [-0.3, -0.25) is 9.89 Å². The fourth-order valence-electron chi connectivity index (χ4n) is 3.01. The van der Waals surface area contributed by atoms with Crippen LogP contribution in [0.5, 0.6) is 0 Å². The first kappa shape index (κ1) is 21.5. The number of aromatic nitrogens is 3. The van der Waals surface area contributed by atoms with Crippen molar-refractivity contribution in [3.63, 3.8) is 0 Å². The van der Waals surface area contributed by atoms with Crippen molar-refractivity contribution in [2.45, 2.75) is 26.5 Å². The molecule has 0 atom stereocenters. The molecule has 4 aromatic rings. The number of amides is 1. The van der Waals surface area contributed by atoms with Gasteiger partial charge >= 0.3 is 5.97 Å². The van der Waals surface area contributed by atoms with E-state index in [-0.39, 0.29) is 24.6 Å². The maximum Gasteiger partial charge on any atom is 0.356 e. The van der Waals surface area contributed by atoms with Crippen LogP contribution in [0.2, 0.25) is 0 Å². The second-order valence-electron chi connectivity index (χ2n) is 7.28. The minimum absolute atomic E-state index is 0.0276. The highest BCUT2D eigenvalue weighted by Crippen LogP contribution is 2.19. The van der Waals surface area contributed by atoms with Crippen LogP contribution in [-0.4, -0.2) is 27.1 Å². The molecule has 0 aliphatic rings. The average Bonchev–Trinajstić information content (AvgIpc) is 3.47. The van der Waals surface area contributed by atoms with Crippen LogP contribution in [0.15, 0.2) is 66.0 Å². The molecule has 4 rings (SSSR count). The Bertz CT molecular complexity index is 1200. The Balaban J connectivity index is 1.26. The molecular formula is C24H22N4O3S. The van der Waals surface area contributed by atoms with Crippen LogP contribution in [0.4, 0.5) is 0 Å². The van der Waals surface area contributed by atoms with E-state index < -0.39 is 5.97 Å². The molecule has 0 saturated carbocycles. The van der Waals surface area contributed by atoms with Crippen molar-refractivity contribution in [1.29, 1.82) is 0 Å². The molecule has 0 unspecified atom stereocenters. The largest absolute Gasteiger partial charge is 0.454 e. The third kappa shape index (κ3) is 5.67. The van der Waals surface area contributed by atoms with Gasteiger partial charge in [0.25, 0.3) is 0 Å². The van der Waals surface area contributed by atoms with Gasteiger partial charge in [-0.05, 0) is 18.6 Å². The van der Waals surface area contributed by atoms with E-state index in [9.17, 15) is 9.59 Å². The molecule has 0 spiro atoms. The molecule has 2 aromatic carbocycles. The Labute approximate surface area is 189 Å². The van der Waals surface area contributed by atoms with Gasteiger partial charge in [0, 0.05) is 17.5 Å². The summed E-state index contributed by atoms with van der Waals surface area (Å²) in [6, 6.07) is 19.3. The lowest BCUT2D eigenvalue weighted by atomic mass is 10.1. The molecule has 1 amide bonds. The molecule has 0 fully saturated rings. The van der Waals surface area contributed by atoms with Crippen molar-refractivity contribution in [2.75, 3.05) is 0 Å². The van der Waals surface area contributed by atoms with Gasteiger partial charge in [0.05, 0.1) is 17.8 Å². The smallest absolute Gasteiger partial charge is 0.356 e. The normalized spacial score (nSPS) is 10.7. The Hall–Kier alpha value is -3.78. The Morgan fingerprint density at radius 1 is 1.09 bits per heavy atom. The van der Waals surface area contributed by atoms with Gasteiger partial charge in [-0.25, -0.2) is 9.78 Å². The molecule has 0 bridgehead atoms. The highest BCUT2D eigenvalue weighted by Gasteiger charge is 2.14. The molecule has 0 aliphatic heterocycles. The number of carbonyl (C=O) groups excluding carboxylic acids is 2. The second kappa shape index (κ2) is 10.0. The molecule has 162 valence electrons. The number of benzene rings is 2. The molecule has 7 nitrogen and oxygen atoms in total. The third-order valence-electron chi connectivity index (χ3n) is 4.74. The maximum absolute atomic E-state index is 12.3. The van der Waals surface area contributed by atoms with Crippen molar-refractivity contribution in [2.24, 2.45) is 0 Å². The fraction of sp³-hybridized carbons (Fsp3) is 0.167. The number of hydrogen-bond acceptors (Lipinski definition) is 6. The van der Waals surface area contributed by atoms with E-state index in [0.717, 1.165) is 16.7 Å². The molecule has 32 heavy (non-hydrogen) atoms. The third-order valence-corrected chi connectivity index (χ3v) is 5.64. The van der Waals surface area contributed by atoms with E-state index >= 15 is 0 Å². The maximum atomic E-state index is 12.3. The Kier molecular flexibility index (Phi) is 6.72. The van der Waals surface area contributed by atoms with Crippen LogP contribution in [-0.2, 0) is 29.1 Å². The summed E-state index contributed by atoms with van der Waals surface area (Å²) in [7, 11) is 0. The Morgan fingerprint density at radius 2 is 1.88 bits per heavy atom. The molecule has 8 heteroatoms. The summed E-state index contributed by atoms with van der Waals surface area (Å²) in [6.07, 6.45) is 0.186. The minimum Gasteiger partial charge on any atom is -0.454 e. The van der Waals surface area contributed by atoms with Crippen LogP contribution in [0.1, 0.15) is 32.3 Å². The van der Waals surface area contributed by atoms with Gasteiger partial charge in [-0.2, -0.15) is 5.10 Å². The summed E-state index contributed by atoms with van der Waals surface area (Å²) < 4.78 is 5.34. The zero-order valence-corrected chi connectivity index (χ0v) is 18.3. The SMILES string of the molecule is Cc1ccc(-c2cc(C(=O)OCc3csc(CC(=O)NCc4ccccc4)n3)[nH]n2)cc1. The standard InChI is InChI=1S/C24H22N4O3S/c1-16-7-9-18(10-8-16)20-11-21(28-27-20)24(30)31-14-19-15-32-23(26-19)12-22(29)25-13-17-5-3-2-4-6-17/h2-11,15H,12-14H2,1H3,(H,25,29)(H,27,28). The van der Waals surface area contributed by atoms with E-state index in [0.29, 0.717) is 22.9 Å². The highest BCUT2D eigenvalue weighted by molar-refractivity contribution is 7.09. The summed E-state index contributed by atoms with van der Waals surface area (Å²) in [5, 5.41) is 12.2. The summed E-state index contributed by atoms with van der Waals surface area (Å²) in [4.78, 5) is 28.9. The zero-order chi connectivity index (χ0) is 22.3. The van der Waals surface area contributed by atoms with Crippen molar-refractivity contribution >= 4 is 23.2 Å². The van der Waals surface area contributed by atoms with Crippen LogP contribution in [0.3, 0.4) is 0 Å². The molecule has 2 N–H and O–H groups in total. The summed E-state index contributed by atoms with van der Waals surface area (Å²) in [5.74, 6) is -0.612. The van der Waals surface area contributed by atoms with Gasteiger partial charge in [0.1, 0.15) is 17.3 Å². The second-order valence-corrected chi connectivity index (χ2v) is 8.22. The Morgan fingerprint density at radius 3 is 2.66 bits per heavy atom. The number of carbonyl (C=O) groups is 2. The molecule has 2 aromatic heterocycles. The van der Waals surface area contributed by atoms with Crippen molar-refractivity contribution in [1.82, 2.24) is 20.5 Å². The van der Waals surface area contributed by atoms with Crippen LogP contribution in [0, 0.1) is 6.92 Å². The van der Waals surface area contributed by atoms with Gasteiger partial charge in [-0.15, -0.1) is 11.3 Å². The average molecular weight is 447 g/mol. The number of aryl methyl sites for hydroxylation is 1. The van der Waals surface area contributed by atoms with Crippen LogP contribution >= 0.6 is 11.3 Å². The number of esters is 1. The lowest BCUT2D eigenvalue weighted by molar-refractivity contribution is -0.120.